The molecule has 1 unspecified atom stereocenters. The fourth-order valence-corrected chi connectivity index (χ4v) is 2.96. The zero-order chi connectivity index (χ0) is 13.2. The molecule has 3 nitrogen and oxygen atoms in total. The molecule has 1 N–H and O–H groups in total. The van der Waals surface area contributed by atoms with Gasteiger partial charge in [-0.25, -0.2) is 4.98 Å². The molecule has 98 valence electrons. The molecule has 0 fully saturated rings. The molecule has 0 spiro atoms. The third-order valence-electron chi connectivity index (χ3n) is 3.11. The second-order valence-corrected chi connectivity index (χ2v) is 5.36. The van der Waals surface area contributed by atoms with Crippen molar-refractivity contribution < 1.29 is 4.42 Å². The summed E-state index contributed by atoms with van der Waals surface area (Å²) in [5.41, 5.74) is 1.98. The Morgan fingerprint density at radius 3 is 3.00 bits per heavy atom. The van der Waals surface area contributed by atoms with E-state index in [9.17, 15) is 0 Å². The highest BCUT2D eigenvalue weighted by Gasteiger charge is 2.13. The molecule has 3 aromatic rings. The van der Waals surface area contributed by atoms with Crippen molar-refractivity contribution in [3.8, 4) is 10.8 Å². The first-order chi connectivity index (χ1) is 9.28. The van der Waals surface area contributed by atoms with Crippen molar-refractivity contribution in [2.75, 3.05) is 6.54 Å². The molecule has 0 aliphatic carbocycles. The van der Waals surface area contributed by atoms with Crippen LogP contribution < -0.4 is 5.32 Å². The van der Waals surface area contributed by atoms with E-state index in [-0.39, 0.29) is 6.04 Å². The van der Waals surface area contributed by atoms with E-state index in [1.807, 2.05) is 18.2 Å². The molecule has 0 aliphatic rings. The summed E-state index contributed by atoms with van der Waals surface area (Å²) in [7, 11) is 0. The molecular formula is C15H16N2OS. The van der Waals surface area contributed by atoms with Crippen LogP contribution in [0.15, 0.2) is 40.1 Å². The van der Waals surface area contributed by atoms with Crippen molar-refractivity contribution in [1.82, 2.24) is 10.3 Å². The molecule has 2 heterocycles. The summed E-state index contributed by atoms with van der Waals surface area (Å²) >= 11 is 1.63. The highest BCUT2D eigenvalue weighted by atomic mass is 32.1. The van der Waals surface area contributed by atoms with Crippen molar-refractivity contribution >= 4 is 22.3 Å². The summed E-state index contributed by atoms with van der Waals surface area (Å²) in [5.74, 6) is 0.848. The van der Waals surface area contributed by atoms with Crippen molar-refractivity contribution in [2.24, 2.45) is 0 Å². The molecule has 0 aliphatic heterocycles. The summed E-state index contributed by atoms with van der Waals surface area (Å²) in [6.07, 6.45) is 0. The Bertz CT molecular complexity index is 653. The Kier molecular flexibility index (Phi) is 3.36. The number of nitrogens with one attached hydrogen (secondary N) is 1. The number of fused-ring (bicyclic) bond motifs is 1. The van der Waals surface area contributed by atoms with Crippen molar-refractivity contribution in [2.45, 2.75) is 19.9 Å². The van der Waals surface area contributed by atoms with Crippen LogP contribution in [0, 0.1) is 0 Å². The molecule has 3 rings (SSSR count). The fourth-order valence-electron chi connectivity index (χ4n) is 2.10. The minimum absolute atomic E-state index is 0.277. The molecule has 1 atom stereocenters. The predicted octanol–water partition coefficient (Wildman–Crippen LogP) is 4.23. The summed E-state index contributed by atoms with van der Waals surface area (Å²) in [5, 5.41) is 7.52. The van der Waals surface area contributed by atoms with E-state index in [2.05, 4.69) is 41.7 Å². The van der Waals surface area contributed by atoms with E-state index in [4.69, 9.17) is 4.42 Å². The zero-order valence-electron chi connectivity index (χ0n) is 11.0. The summed E-state index contributed by atoms with van der Waals surface area (Å²) in [6.45, 7) is 5.17. The lowest BCUT2D eigenvalue weighted by Crippen LogP contribution is -2.17. The predicted molar refractivity (Wildman–Crippen MR) is 79.4 cm³/mol. The minimum atomic E-state index is 0.277. The first-order valence-electron chi connectivity index (χ1n) is 6.45. The lowest BCUT2D eigenvalue weighted by atomic mass is 10.2. The number of aromatic nitrogens is 1. The maximum atomic E-state index is 5.83. The van der Waals surface area contributed by atoms with Gasteiger partial charge in [-0.1, -0.05) is 25.1 Å². The number of hydrogen-bond donors (Lipinski definition) is 1. The standard InChI is InChI=1S/C15H16N2OS/c1-3-16-10(2)12-9-19-15(17-12)14-8-11-6-4-5-7-13(11)18-14/h4-10,16H,3H2,1-2H3. The first-order valence-corrected chi connectivity index (χ1v) is 7.33. The van der Waals surface area contributed by atoms with Crippen molar-refractivity contribution in [3.05, 3.63) is 41.4 Å². The van der Waals surface area contributed by atoms with Gasteiger partial charge in [-0.15, -0.1) is 11.3 Å². The van der Waals surface area contributed by atoms with Crippen LogP contribution in [-0.2, 0) is 0 Å². The summed E-state index contributed by atoms with van der Waals surface area (Å²) in [4.78, 5) is 4.66. The van der Waals surface area contributed by atoms with Crippen molar-refractivity contribution in [3.63, 3.8) is 0 Å². The largest absolute Gasteiger partial charge is 0.454 e. The Hall–Kier alpha value is -1.65. The third-order valence-corrected chi connectivity index (χ3v) is 3.99. The van der Waals surface area contributed by atoms with E-state index in [0.717, 1.165) is 34.0 Å². The SMILES string of the molecule is CCNC(C)c1csc(-c2cc3ccccc3o2)n1. The second kappa shape index (κ2) is 5.15. The average Bonchev–Trinajstić information content (AvgIpc) is 3.05. The molecule has 0 radical (unpaired) electrons. The molecule has 4 heteroatoms. The Labute approximate surface area is 116 Å². The van der Waals surface area contributed by atoms with Gasteiger partial charge in [0.2, 0.25) is 0 Å². The van der Waals surface area contributed by atoms with E-state index < -0.39 is 0 Å². The van der Waals surface area contributed by atoms with Gasteiger partial charge in [0.1, 0.15) is 5.58 Å². The molecule has 0 amide bonds. The molecule has 2 aromatic heterocycles. The van der Waals surface area contributed by atoms with E-state index in [1.165, 1.54) is 0 Å². The zero-order valence-corrected chi connectivity index (χ0v) is 11.8. The van der Waals surface area contributed by atoms with Crippen LogP contribution in [0.2, 0.25) is 0 Å². The number of rotatable bonds is 4. The summed E-state index contributed by atoms with van der Waals surface area (Å²) < 4.78 is 5.83. The monoisotopic (exact) mass is 272 g/mol. The fraction of sp³-hybridized carbons (Fsp3) is 0.267. The van der Waals surface area contributed by atoms with Crippen LogP contribution in [0.5, 0.6) is 0 Å². The molecule has 0 bridgehead atoms. The van der Waals surface area contributed by atoms with Crippen LogP contribution in [-0.4, -0.2) is 11.5 Å². The Morgan fingerprint density at radius 1 is 1.37 bits per heavy atom. The van der Waals surface area contributed by atoms with Crippen LogP contribution in [0.1, 0.15) is 25.6 Å². The Morgan fingerprint density at radius 2 is 2.21 bits per heavy atom. The molecule has 19 heavy (non-hydrogen) atoms. The van der Waals surface area contributed by atoms with Crippen LogP contribution in [0.3, 0.4) is 0 Å². The second-order valence-electron chi connectivity index (χ2n) is 4.51. The van der Waals surface area contributed by atoms with Gasteiger partial charge in [-0.05, 0) is 25.6 Å². The van der Waals surface area contributed by atoms with Gasteiger partial charge in [-0.2, -0.15) is 0 Å². The number of para-hydroxylation sites is 1. The highest BCUT2D eigenvalue weighted by molar-refractivity contribution is 7.13. The maximum absolute atomic E-state index is 5.83. The molecule has 0 saturated carbocycles. The highest BCUT2D eigenvalue weighted by Crippen LogP contribution is 2.31. The van der Waals surface area contributed by atoms with Gasteiger partial charge in [0.15, 0.2) is 10.8 Å². The number of hydrogen-bond acceptors (Lipinski definition) is 4. The van der Waals surface area contributed by atoms with E-state index >= 15 is 0 Å². The lowest BCUT2D eigenvalue weighted by molar-refractivity contribution is 0.585. The average molecular weight is 272 g/mol. The minimum Gasteiger partial charge on any atom is -0.454 e. The molecule has 1 aromatic carbocycles. The van der Waals surface area contributed by atoms with Gasteiger partial charge in [0.05, 0.1) is 5.69 Å². The number of benzene rings is 1. The Balaban J connectivity index is 1.93. The topological polar surface area (TPSA) is 38.1 Å². The van der Waals surface area contributed by atoms with Crippen molar-refractivity contribution in [1.29, 1.82) is 0 Å². The number of furan rings is 1. The van der Waals surface area contributed by atoms with Gasteiger partial charge in [0, 0.05) is 16.8 Å². The van der Waals surface area contributed by atoms with Gasteiger partial charge >= 0.3 is 0 Å². The van der Waals surface area contributed by atoms with Crippen LogP contribution in [0.25, 0.3) is 21.7 Å². The van der Waals surface area contributed by atoms with Gasteiger partial charge in [-0.3, -0.25) is 0 Å². The van der Waals surface area contributed by atoms with Crippen LogP contribution in [0.4, 0.5) is 0 Å². The number of nitrogens with zero attached hydrogens (tertiary/aromatic N) is 1. The third kappa shape index (κ3) is 2.41. The lowest BCUT2D eigenvalue weighted by Gasteiger charge is -2.07. The first kappa shape index (κ1) is 12.4. The molecular weight excluding hydrogens is 256 g/mol. The van der Waals surface area contributed by atoms with Crippen LogP contribution >= 0.6 is 11.3 Å². The smallest absolute Gasteiger partial charge is 0.164 e. The normalized spacial score (nSPS) is 12.9. The summed E-state index contributed by atoms with van der Waals surface area (Å²) in [6, 6.07) is 10.4. The quantitative estimate of drug-likeness (QED) is 0.772. The number of thiazole rings is 1. The van der Waals surface area contributed by atoms with E-state index in [0.29, 0.717) is 0 Å². The van der Waals surface area contributed by atoms with Gasteiger partial charge < -0.3 is 9.73 Å². The maximum Gasteiger partial charge on any atom is 0.164 e. The van der Waals surface area contributed by atoms with E-state index in [1.54, 1.807) is 11.3 Å². The molecule has 0 saturated heterocycles. The van der Waals surface area contributed by atoms with Gasteiger partial charge in [0.25, 0.3) is 0 Å².